The van der Waals surface area contributed by atoms with Crippen LogP contribution in [0.5, 0.6) is 0 Å². The molecule has 20 heavy (non-hydrogen) atoms. The number of nitrogens with one attached hydrogen (secondary N) is 3. The number of aromatic amines is 1. The number of hydrogen-bond donors (Lipinski definition) is 3. The molecule has 0 saturated carbocycles. The molecule has 3 N–H and O–H groups in total. The lowest BCUT2D eigenvalue weighted by Gasteiger charge is -2.03. The minimum Gasteiger partial charge on any atom is -0.308 e. The zero-order valence-corrected chi connectivity index (χ0v) is 11.2. The molecule has 1 saturated heterocycles. The maximum absolute atomic E-state index is 11.9. The van der Waals surface area contributed by atoms with E-state index in [0.29, 0.717) is 5.13 Å². The second-order valence-electron chi connectivity index (χ2n) is 4.35. The number of H-pyrrole nitrogens is 1. The summed E-state index contributed by atoms with van der Waals surface area (Å²) in [6.45, 7) is 0.979. The Labute approximate surface area is 117 Å². The Hall–Kier alpha value is -2.13. The number of aromatic nitrogens is 4. The zero-order valence-electron chi connectivity index (χ0n) is 10.4. The van der Waals surface area contributed by atoms with E-state index in [0.717, 1.165) is 24.4 Å². The molecule has 1 fully saturated rings. The molecule has 0 aromatic carbocycles. The maximum Gasteiger partial charge on any atom is 0.277 e. The highest BCUT2D eigenvalue weighted by atomic mass is 32.1. The first-order chi connectivity index (χ1) is 9.72. The lowest BCUT2D eigenvalue weighted by atomic mass is 10.2. The van der Waals surface area contributed by atoms with Crippen LogP contribution < -0.4 is 16.2 Å². The van der Waals surface area contributed by atoms with Crippen molar-refractivity contribution in [2.75, 3.05) is 11.9 Å². The van der Waals surface area contributed by atoms with Crippen molar-refractivity contribution in [3.8, 4) is 0 Å². The molecule has 0 spiro atoms. The van der Waals surface area contributed by atoms with Gasteiger partial charge in [-0.25, -0.2) is 5.10 Å². The molecule has 3 heterocycles. The van der Waals surface area contributed by atoms with Crippen LogP contribution in [0.1, 0.15) is 34.4 Å². The van der Waals surface area contributed by atoms with E-state index in [1.54, 1.807) is 0 Å². The number of rotatable bonds is 3. The van der Waals surface area contributed by atoms with Crippen LogP contribution in [-0.2, 0) is 0 Å². The molecule has 0 bridgehead atoms. The molecule has 1 unspecified atom stereocenters. The van der Waals surface area contributed by atoms with Crippen molar-refractivity contribution in [3.63, 3.8) is 0 Å². The first kappa shape index (κ1) is 12.9. The van der Waals surface area contributed by atoms with Crippen molar-refractivity contribution in [1.29, 1.82) is 0 Å². The van der Waals surface area contributed by atoms with Crippen LogP contribution in [0.3, 0.4) is 0 Å². The Morgan fingerprint density at radius 2 is 2.30 bits per heavy atom. The minimum atomic E-state index is -0.427. The fraction of sp³-hybridized carbons (Fsp3) is 0.364. The van der Waals surface area contributed by atoms with Gasteiger partial charge in [-0.2, -0.15) is 5.10 Å². The van der Waals surface area contributed by atoms with Crippen molar-refractivity contribution in [1.82, 2.24) is 25.7 Å². The summed E-state index contributed by atoms with van der Waals surface area (Å²) in [5.41, 5.74) is -0.229. The maximum atomic E-state index is 11.9. The van der Waals surface area contributed by atoms with Crippen LogP contribution in [0.15, 0.2) is 16.9 Å². The van der Waals surface area contributed by atoms with E-state index in [1.807, 2.05) is 0 Å². The summed E-state index contributed by atoms with van der Waals surface area (Å²) in [5, 5.41) is 21.1. The second-order valence-corrected chi connectivity index (χ2v) is 5.36. The van der Waals surface area contributed by atoms with E-state index >= 15 is 0 Å². The zero-order chi connectivity index (χ0) is 13.9. The van der Waals surface area contributed by atoms with Gasteiger partial charge in [0.05, 0.1) is 6.04 Å². The number of carbonyl (C=O) groups excluding carboxylic acids is 1. The van der Waals surface area contributed by atoms with Gasteiger partial charge in [0.1, 0.15) is 10.7 Å². The van der Waals surface area contributed by atoms with Gasteiger partial charge in [-0.15, -0.1) is 10.2 Å². The van der Waals surface area contributed by atoms with Crippen LogP contribution >= 0.6 is 11.3 Å². The Kier molecular flexibility index (Phi) is 3.52. The van der Waals surface area contributed by atoms with Crippen molar-refractivity contribution in [2.45, 2.75) is 18.9 Å². The van der Waals surface area contributed by atoms with Gasteiger partial charge < -0.3 is 5.32 Å². The summed E-state index contributed by atoms with van der Waals surface area (Å²) in [6, 6.07) is 2.83. The molecule has 1 aliphatic rings. The summed E-state index contributed by atoms with van der Waals surface area (Å²) >= 11 is 1.34. The molecule has 3 rings (SSSR count). The van der Waals surface area contributed by atoms with Gasteiger partial charge in [0.25, 0.3) is 11.5 Å². The molecule has 0 radical (unpaired) electrons. The molecule has 1 amide bonds. The van der Waals surface area contributed by atoms with E-state index < -0.39 is 5.91 Å². The van der Waals surface area contributed by atoms with Crippen LogP contribution in [0.4, 0.5) is 5.13 Å². The van der Waals surface area contributed by atoms with Gasteiger partial charge in [-0.3, -0.25) is 14.9 Å². The molecule has 0 aliphatic carbocycles. The smallest absolute Gasteiger partial charge is 0.277 e. The SMILES string of the molecule is O=C(Nc1nnc(C2CCCN2)s1)c1ccc(=O)[nH]n1. The summed E-state index contributed by atoms with van der Waals surface area (Å²) in [7, 11) is 0. The number of amides is 1. The molecule has 1 aliphatic heterocycles. The Morgan fingerprint density at radius 3 is 3.00 bits per heavy atom. The van der Waals surface area contributed by atoms with E-state index in [4.69, 9.17) is 0 Å². The summed E-state index contributed by atoms with van der Waals surface area (Å²) in [5.74, 6) is -0.427. The van der Waals surface area contributed by atoms with Crippen LogP contribution in [0.2, 0.25) is 0 Å². The normalized spacial score (nSPS) is 18.1. The van der Waals surface area contributed by atoms with Crippen molar-refractivity contribution in [3.05, 3.63) is 33.2 Å². The Bertz CT molecular complexity index is 655. The second kappa shape index (κ2) is 5.47. The highest BCUT2D eigenvalue weighted by molar-refractivity contribution is 7.15. The highest BCUT2D eigenvalue weighted by Crippen LogP contribution is 2.27. The number of anilines is 1. The van der Waals surface area contributed by atoms with Gasteiger partial charge in [-0.1, -0.05) is 11.3 Å². The number of hydrogen-bond acceptors (Lipinski definition) is 7. The summed E-state index contributed by atoms with van der Waals surface area (Å²) < 4.78 is 0. The predicted octanol–water partition coefficient (Wildman–Crippen LogP) is 0.298. The fourth-order valence-corrected chi connectivity index (χ4v) is 2.80. The Morgan fingerprint density at radius 1 is 1.40 bits per heavy atom. The third-order valence-corrected chi connectivity index (χ3v) is 3.88. The molecular weight excluding hydrogens is 280 g/mol. The van der Waals surface area contributed by atoms with Crippen molar-refractivity contribution in [2.24, 2.45) is 0 Å². The fourth-order valence-electron chi connectivity index (χ4n) is 1.95. The molecule has 2 aromatic rings. The quantitative estimate of drug-likeness (QED) is 0.750. The van der Waals surface area contributed by atoms with Crippen molar-refractivity contribution < 1.29 is 4.79 Å². The molecule has 1 atom stereocenters. The number of carbonyl (C=O) groups is 1. The first-order valence-electron chi connectivity index (χ1n) is 6.16. The highest BCUT2D eigenvalue weighted by Gasteiger charge is 2.21. The van der Waals surface area contributed by atoms with E-state index in [-0.39, 0.29) is 17.3 Å². The average Bonchev–Trinajstić information content (AvgIpc) is 3.09. The lowest BCUT2D eigenvalue weighted by Crippen LogP contribution is -2.17. The number of nitrogens with zero attached hydrogens (tertiary/aromatic N) is 3. The van der Waals surface area contributed by atoms with Crippen LogP contribution in [0, 0.1) is 0 Å². The lowest BCUT2D eigenvalue weighted by molar-refractivity contribution is 0.102. The minimum absolute atomic E-state index is 0.125. The van der Waals surface area contributed by atoms with Gasteiger partial charge in [0.15, 0.2) is 0 Å². The standard InChI is InChI=1S/C11H12N6O2S/c18-8-4-3-6(14-15-8)9(19)13-11-17-16-10(20-11)7-2-1-5-12-7/h3-4,7,12H,1-2,5H2,(H,15,18)(H,13,17,19). The largest absolute Gasteiger partial charge is 0.308 e. The van der Waals surface area contributed by atoms with E-state index in [1.165, 1.54) is 23.5 Å². The molecular formula is C11H12N6O2S. The first-order valence-corrected chi connectivity index (χ1v) is 6.98. The molecule has 104 valence electrons. The van der Waals surface area contributed by atoms with E-state index in [2.05, 4.69) is 31.0 Å². The van der Waals surface area contributed by atoms with Gasteiger partial charge >= 0.3 is 0 Å². The van der Waals surface area contributed by atoms with Crippen molar-refractivity contribution >= 4 is 22.4 Å². The molecule has 2 aromatic heterocycles. The van der Waals surface area contributed by atoms with Gasteiger partial charge in [0, 0.05) is 6.07 Å². The monoisotopic (exact) mass is 292 g/mol. The van der Waals surface area contributed by atoms with E-state index in [9.17, 15) is 9.59 Å². The molecule has 9 heteroatoms. The summed E-state index contributed by atoms with van der Waals surface area (Å²) in [6.07, 6.45) is 2.15. The third kappa shape index (κ3) is 2.73. The topological polar surface area (TPSA) is 113 Å². The van der Waals surface area contributed by atoms with Gasteiger partial charge in [0.2, 0.25) is 5.13 Å². The van der Waals surface area contributed by atoms with Gasteiger partial charge in [-0.05, 0) is 25.5 Å². The summed E-state index contributed by atoms with van der Waals surface area (Å²) in [4.78, 5) is 22.8. The average molecular weight is 292 g/mol. The van der Waals surface area contributed by atoms with Crippen LogP contribution in [0.25, 0.3) is 0 Å². The third-order valence-electron chi connectivity index (χ3n) is 2.93. The van der Waals surface area contributed by atoms with Crippen LogP contribution in [-0.4, -0.2) is 32.8 Å². The predicted molar refractivity (Wildman–Crippen MR) is 72.7 cm³/mol. The Balaban J connectivity index is 1.69. The molecule has 8 nitrogen and oxygen atoms in total.